The highest BCUT2D eigenvalue weighted by Crippen LogP contribution is 2.29. The van der Waals surface area contributed by atoms with Gasteiger partial charge in [-0.2, -0.15) is 9.78 Å². The number of benzene rings is 1. The molecule has 2 saturated carbocycles. The van der Waals surface area contributed by atoms with Gasteiger partial charge in [-0.15, -0.1) is 0 Å². The Morgan fingerprint density at radius 1 is 0.708 bits per heavy atom. The van der Waals surface area contributed by atoms with Crippen molar-refractivity contribution in [2.24, 2.45) is 5.92 Å². The van der Waals surface area contributed by atoms with Gasteiger partial charge in [-0.25, -0.2) is 0 Å². The van der Waals surface area contributed by atoms with Gasteiger partial charge in [-0.3, -0.25) is 0 Å². The van der Waals surface area contributed by atoms with E-state index in [0.717, 1.165) is 44.4 Å². The first kappa shape index (κ1) is 17.6. The third kappa shape index (κ3) is 5.42. The Morgan fingerprint density at radius 3 is 1.58 bits per heavy atom. The van der Waals surface area contributed by atoms with Crippen LogP contribution in [0.5, 0.6) is 11.5 Å². The van der Waals surface area contributed by atoms with E-state index in [1.54, 1.807) is 0 Å². The first-order valence-corrected chi connectivity index (χ1v) is 9.21. The van der Waals surface area contributed by atoms with Gasteiger partial charge in [0, 0.05) is 0 Å². The lowest BCUT2D eigenvalue weighted by Gasteiger charge is -2.25. The summed E-state index contributed by atoms with van der Waals surface area (Å²) in [7, 11) is 5.89. The molecule has 1 aromatic rings. The van der Waals surface area contributed by atoms with Crippen molar-refractivity contribution in [3.8, 4) is 11.5 Å². The van der Waals surface area contributed by atoms with Crippen molar-refractivity contribution in [3.05, 3.63) is 24.3 Å². The SMILES string of the molecule is [B]C1CCC(OOc2ccc(OOC3CCC(C)CC3)cc2)CC1. The highest BCUT2D eigenvalue weighted by Gasteiger charge is 2.21. The van der Waals surface area contributed by atoms with Crippen LogP contribution in [0.1, 0.15) is 58.3 Å². The van der Waals surface area contributed by atoms with E-state index >= 15 is 0 Å². The number of hydrogen-bond donors (Lipinski definition) is 0. The fraction of sp³-hybridized carbons (Fsp3) is 0.684. The Balaban J connectivity index is 1.37. The molecule has 0 atom stereocenters. The van der Waals surface area contributed by atoms with Crippen LogP contribution in [0.2, 0.25) is 5.82 Å². The molecule has 0 aliphatic heterocycles. The lowest BCUT2D eigenvalue weighted by atomic mass is 9.75. The van der Waals surface area contributed by atoms with Gasteiger partial charge in [0.15, 0.2) is 11.5 Å². The normalized spacial score (nSPS) is 30.7. The van der Waals surface area contributed by atoms with Crippen LogP contribution in [-0.2, 0) is 9.78 Å². The molecule has 0 saturated heterocycles. The van der Waals surface area contributed by atoms with Crippen LogP contribution in [-0.4, -0.2) is 20.1 Å². The van der Waals surface area contributed by atoms with E-state index in [-0.39, 0.29) is 12.2 Å². The van der Waals surface area contributed by atoms with Crippen molar-refractivity contribution in [1.29, 1.82) is 0 Å². The minimum atomic E-state index is 0.137. The fourth-order valence-electron chi connectivity index (χ4n) is 3.31. The van der Waals surface area contributed by atoms with Crippen molar-refractivity contribution >= 4 is 7.85 Å². The third-order valence-electron chi connectivity index (χ3n) is 5.07. The third-order valence-corrected chi connectivity index (χ3v) is 5.07. The molecule has 130 valence electrons. The van der Waals surface area contributed by atoms with E-state index < -0.39 is 0 Å². The van der Waals surface area contributed by atoms with Crippen LogP contribution in [0, 0.1) is 5.92 Å². The Hall–Kier alpha value is -1.20. The van der Waals surface area contributed by atoms with Gasteiger partial charge in [0.1, 0.15) is 12.2 Å². The fourth-order valence-corrected chi connectivity index (χ4v) is 3.31. The maximum atomic E-state index is 5.89. The van der Waals surface area contributed by atoms with Gasteiger partial charge in [0.2, 0.25) is 0 Å². The lowest BCUT2D eigenvalue weighted by Crippen LogP contribution is -2.21. The average Bonchev–Trinajstić information content (AvgIpc) is 2.62. The van der Waals surface area contributed by atoms with Crippen LogP contribution < -0.4 is 9.78 Å². The van der Waals surface area contributed by atoms with Gasteiger partial charge >= 0.3 is 0 Å². The second-order valence-electron chi connectivity index (χ2n) is 7.25. The Labute approximate surface area is 146 Å². The zero-order valence-electron chi connectivity index (χ0n) is 14.5. The minimum absolute atomic E-state index is 0.137. The molecule has 0 bridgehead atoms. The summed E-state index contributed by atoms with van der Waals surface area (Å²) in [6.07, 6.45) is 8.82. The van der Waals surface area contributed by atoms with Crippen molar-refractivity contribution in [1.82, 2.24) is 0 Å². The smallest absolute Gasteiger partial charge is 0.165 e. The molecule has 0 amide bonds. The molecule has 2 fully saturated rings. The summed E-state index contributed by atoms with van der Waals surface area (Å²) in [5.74, 6) is 2.48. The molecule has 5 heteroatoms. The van der Waals surface area contributed by atoms with Crippen LogP contribution in [0.15, 0.2) is 24.3 Å². The second-order valence-corrected chi connectivity index (χ2v) is 7.25. The molecule has 3 rings (SSSR count). The molecule has 0 aromatic heterocycles. The standard InChI is InChI=1S/C19H27BO4/c1-14-2-6-16(7-3-14)21-23-18-10-12-19(13-11-18)24-22-17-8-4-15(20)5-9-17/h10-17H,2-9H2,1H3. The van der Waals surface area contributed by atoms with E-state index in [4.69, 9.17) is 27.4 Å². The first-order valence-electron chi connectivity index (χ1n) is 9.21. The van der Waals surface area contributed by atoms with E-state index in [9.17, 15) is 0 Å². The second kappa shape index (κ2) is 8.77. The number of hydrogen-bond acceptors (Lipinski definition) is 4. The molecule has 0 N–H and O–H groups in total. The molecule has 0 heterocycles. The molecule has 2 radical (unpaired) electrons. The van der Waals surface area contributed by atoms with E-state index in [2.05, 4.69) is 6.92 Å². The Bertz CT molecular complexity index is 432. The molecule has 24 heavy (non-hydrogen) atoms. The topological polar surface area (TPSA) is 36.9 Å². The summed E-state index contributed by atoms with van der Waals surface area (Å²) in [6.45, 7) is 2.29. The predicted molar refractivity (Wildman–Crippen MR) is 93.0 cm³/mol. The average molecular weight is 330 g/mol. The van der Waals surface area contributed by atoms with Crippen LogP contribution in [0.4, 0.5) is 0 Å². The molecular formula is C19H27BO4. The molecule has 0 unspecified atom stereocenters. The molecule has 1 aromatic carbocycles. The van der Waals surface area contributed by atoms with Crippen LogP contribution in [0.3, 0.4) is 0 Å². The van der Waals surface area contributed by atoms with Gasteiger partial charge in [-0.1, -0.05) is 25.6 Å². The molecule has 0 spiro atoms. The highest BCUT2D eigenvalue weighted by atomic mass is 17.2. The summed E-state index contributed by atoms with van der Waals surface area (Å²) in [5, 5.41) is 0. The first-order chi connectivity index (χ1) is 11.7. The molecular weight excluding hydrogens is 303 g/mol. The summed E-state index contributed by atoms with van der Waals surface area (Å²) in [6, 6.07) is 7.33. The number of rotatable bonds is 6. The van der Waals surface area contributed by atoms with Gasteiger partial charge < -0.3 is 9.78 Å². The Kier molecular flexibility index (Phi) is 6.44. The largest absolute Gasteiger partial charge is 0.337 e. The summed E-state index contributed by atoms with van der Waals surface area (Å²) in [4.78, 5) is 21.9. The molecule has 2 aliphatic carbocycles. The van der Waals surface area contributed by atoms with Crippen LogP contribution >= 0.6 is 0 Å². The van der Waals surface area contributed by atoms with Gasteiger partial charge in [0.05, 0.1) is 7.85 Å². The summed E-state index contributed by atoms with van der Waals surface area (Å²) >= 11 is 0. The summed E-state index contributed by atoms with van der Waals surface area (Å²) < 4.78 is 0. The van der Waals surface area contributed by atoms with Crippen LogP contribution in [0.25, 0.3) is 0 Å². The van der Waals surface area contributed by atoms with Crippen molar-refractivity contribution < 1.29 is 19.6 Å². The van der Waals surface area contributed by atoms with E-state index in [1.807, 2.05) is 24.3 Å². The highest BCUT2D eigenvalue weighted by molar-refractivity contribution is 6.11. The van der Waals surface area contributed by atoms with Gasteiger partial charge in [-0.05, 0) is 68.7 Å². The van der Waals surface area contributed by atoms with E-state index in [1.165, 1.54) is 12.8 Å². The minimum Gasteiger partial charge on any atom is -0.337 e. The zero-order chi connectivity index (χ0) is 16.8. The quantitative estimate of drug-likeness (QED) is 0.427. The molecule has 2 aliphatic rings. The van der Waals surface area contributed by atoms with E-state index in [0.29, 0.717) is 17.3 Å². The monoisotopic (exact) mass is 330 g/mol. The van der Waals surface area contributed by atoms with Gasteiger partial charge in [0.25, 0.3) is 0 Å². The predicted octanol–water partition coefficient (Wildman–Crippen LogP) is 4.79. The zero-order valence-corrected chi connectivity index (χ0v) is 14.5. The maximum Gasteiger partial charge on any atom is 0.165 e. The van der Waals surface area contributed by atoms with Crippen molar-refractivity contribution in [2.75, 3.05) is 0 Å². The maximum absolute atomic E-state index is 5.89. The lowest BCUT2D eigenvalue weighted by molar-refractivity contribution is -0.253. The molecule has 4 nitrogen and oxygen atoms in total. The van der Waals surface area contributed by atoms with Crippen molar-refractivity contribution in [3.63, 3.8) is 0 Å². The van der Waals surface area contributed by atoms with Crippen molar-refractivity contribution in [2.45, 2.75) is 76.3 Å². The summed E-state index contributed by atoms with van der Waals surface area (Å²) in [5.41, 5.74) is 0. The Morgan fingerprint density at radius 2 is 1.12 bits per heavy atom.